The van der Waals surface area contributed by atoms with Gasteiger partial charge in [0.25, 0.3) is 5.91 Å². The summed E-state index contributed by atoms with van der Waals surface area (Å²) < 4.78 is 6.74. The summed E-state index contributed by atoms with van der Waals surface area (Å²) in [4.78, 5) is 27.0. The second kappa shape index (κ2) is 9.76. The molecule has 2 aromatic carbocycles. The van der Waals surface area contributed by atoms with E-state index in [0.717, 1.165) is 25.9 Å². The zero-order valence-electron chi connectivity index (χ0n) is 17.7. The molecule has 166 valence electrons. The van der Waals surface area contributed by atoms with Crippen LogP contribution in [0.3, 0.4) is 0 Å². The average Bonchev–Trinajstić information content (AvgIpc) is 3.25. The first-order valence-electron chi connectivity index (χ1n) is 10.6. The number of carbonyl (C=O) groups excluding carboxylic acids is 2. The van der Waals surface area contributed by atoms with Crippen molar-refractivity contribution in [2.45, 2.75) is 26.2 Å². The van der Waals surface area contributed by atoms with Gasteiger partial charge in [0.2, 0.25) is 0 Å². The van der Waals surface area contributed by atoms with Crippen LogP contribution in [-0.4, -0.2) is 46.3 Å². The van der Waals surface area contributed by atoms with Gasteiger partial charge in [-0.2, -0.15) is 5.10 Å². The van der Waals surface area contributed by atoms with Crippen molar-refractivity contribution >= 4 is 35.1 Å². The van der Waals surface area contributed by atoms with E-state index in [-0.39, 0.29) is 18.2 Å². The molecule has 0 unspecified atom stereocenters. The summed E-state index contributed by atoms with van der Waals surface area (Å²) in [7, 11) is 0. The molecule has 1 fully saturated rings. The molecule has 1 saturated heterocycles. The minimum absolute atomic E-state index is 0.0323. The standard InChI is InChI=1S/C24H23Cl2N3O3/c1-2-32-24(31)21-15-22(19-11-8-17(25)14-20(19)26)29(27-21)18-9-6-16(7-10-18)23(30)28-12-4-3-5-13-28/h6-11,14-15H,2-5,12-13H2,1H3. The minimum Gasteiger partial charge on any atom is -0.461 e. The fraction of sp³-hybridized carbons (Fsp3) is 0.292. The highest BCUT2D eigenvalue weighted by Gasteiger charge is 2.21. The molecule has 1 aliphatic heterocycles. The number of esters is 1. The van der Waals surface area contributed by atoms with Crippen molar-refractivity contribution in [2.24, 2.45) is 0 Å². The number of nitrogens with zero attached hydrogens (tertiary/aromatic N) is 3. The number of piperidine rings is 1. The van der Waals surface area contributed by atoms with Crippen LogP contribution < -0.4 is 0 Å². The second-order valence-electron chi connectivity index (χ2n) is 7.57. The van der Waals surface area contributed by atoms with E-state index >= 15 is 0 Å². The van der Waals surface area contributed by atoms with E-state index in [1.165, 1.54) is 6.42 Å². The first-order chi connectivity index (χ1) is 15.5. The van der Waals surface area contributed by atoms with Crippen molar-refractivity contribution < 1.29 is 14.3 Å². The van der Waals surface area contributed by atoms with Gasteiger partial charge in [-0.05, 0) is 74.7 Å². The molecule has 1 aromatic heterocycles. The van der Waals surface area contributed by atoms with Crippen LogP contribution in [0, 0.1) is 0 Å². The maximum absolute atomic E-state index is 12.8. The van der Waals surface area contributed by atoms with Crippen molar-refractivity contribution in [1.82, 2.24) is 14.7 Å². The van der Waals surface area contributed by atoms with Crippen LogP contribution in [-0.2, 0) is 4.74 Å². The van der Waals surface area contributed by atoms with Gasteiger partial charge in [-0.15, -0.1) is 0 Å². The second-order valence-corrected chi connectivity index (χ2v) is 8.41. The average molecular weight is 472 g/mol. The predicted molar refractivity (Wildman–Crippen MR) is 125 cm³/mol. The molecule has 2 heterocycles. The number of halogens is 2. The molecule has 1 aliphatic rings. The summed E-state index contributed by atoms with van der Waals surface area (Å²) in [6.07, 6.45) is 3.25. The zero-order chi connectivity index (χ0) is 22.7. The third-order valence-electron chi connectivity index (χ3n) is 5.40. The van der Waals surface area contributed by atoms with Crippen LogP contribution in [0.2, 0.25) is 10.0 Å². The van der Waals surface area contributed by atoms with Crippen molar-refractivity contribution in [3.8, 4) is 16.9 Å². The van der Waals surface area contributed by atoms with Gasteiger partial charge in [0.1, 0.15) is 0 Å². The van der Waals surface area contributed by atoms with Crippen LogP contribution in [0.4, 0.5) is 0 Å². The number of amides is 1. The van der Waals surface area contributed by atoms with Gasteiger partial charge in [-0.1, -0.05) is 23.2 Å². The third-order valence-corrected chi connectivity index (χ3v) is 5.95. The Morgan fingerprint density at radius 2 is 1.72 bits per heavy atom. The van der Waals surface area contributed by atoms with Gasteiger partial charge in [0.05, 0.1) is 23.0 Å². The Kier molecular flexibility index (Phi) is 6.82. The van der Waals surface area contributed by atoms with Gasteiger partial charge in [-0.25, -0.2) is 9.48 Å². The van der Waals surface area contributed by atoms with Crippen LogP contribution in [0.5, 0.6) is 0 Å². The maximum Gasteiger partial charge on any atom is 0.358 e. The molecule has 0 aliphatic carbocycles. The highest BCUT2D eigenvalue weighted by atomic mass is 35.5. The van der Waals surface area contributed by atoms with Gasteiger partial charge in [-0.3, -0.25) is 4.79 Å². The first-order valence-corrected chi connectivity index (χ1v) is 11.4. The van der Waals surface area contributed by atoms with Crippen molar-refractivity contribution in [2.75, 3.05) is 19.7 Å². The summed E-state index contributed by atoms with van der Waals surface area (Å²) in [5.74, 6) is -0.487. The van der Waals surface area contributed by atoms with Crippen LogP contribution in [0.15, 0.2) is 48.5 Å². The fourth-order valence-electron chi connectivity index (χ4n) is 3.80. The largest absolute Gasteiger partial charge is 0.461 e. The number of aromatic nitrogens is 2. The lowest BCUT2D eigenvalue weighted by atomic mass is 10.1. The topological polar surface area (TPSA) is 64.4 Å². The molecule has 0 bridgehead atoms. The van der Waals surface area contributed by atoms with Crippen LogP contribution in [0.25, 0.3) is 16.9 Å². The normalized spacial score (nSPS) is 13.8. The molecule has 3 aromatic rings. The molecular weight excluding hydrogens is 449 g/mol. The van der Waals surface area contributed by atoms with Crippen molar-refractivity contribution in [3.63, 3.8) is 0 Å². The Morgan fingerprint density at radius 3 is 2.38 bits per heavy atom. The summed E-state index contributed by atoms with van der Waals surface area (Å²) in [5.41, 5.74) is 2.77. The number of hydrogen-bond donors (Lipinski definition) is 0. The number of rotatable bonds is 5. The van der Waals surface area contributed by atoms with Crippen molar-refractivity contribution in [3.05, 3.63) is 69.8 Å². The number of likely N-dealkylation sites (tertiary alicyclic amines) is 1. The van der Waals surface area contributed by atoms with E-state index in [1.54, 1.807) is 48.0 Å². The molecule has 8 heteroatoms. The molecule has 6 nitrogen and oxygen atoms in total. The summed E-state index contributed by atoms with van der Waals surface area (Å²) >= 11 is 12.5. The third kappa shape index (κ3) is 4.66. The van der Waals surface area contributed by atoms with Crippen molar-refractivity contribution in [1.29, 1.82) is 0 Å². The number of benzene rings is 2. The zero-order valence-corrected chi connectivity index (χ0v) is 19.2. The molecule has 0 spiro atoms. The molecule has 4 rings (SSSR count). The summed E-state index contributed by atoms with van der Waals surface area (Å²) in [5, 5.41) is 5.40. The number of ether oxygens (including phenoxy) is 1. The summed E-state index contributed by atoms with van der Waals surface area (Å²) in [6.45, 7) is 3.57. The Balaban J connectivity index is 1.71. The molecule has 1 amide bonds. The minimum atomic E-state index is -0.519. The summed E-state index contributed by atoms with van der Waals surface area (Å²) in [6, 6.07) is 14.0. The maximum atomic E-state index is 12.8. The van der Waals surface area contributed by atoms with Gasteiger partial charge < -0.3 is 9.64 Å². The quantitative estimate of drug-likeness (QED) is 0.451. The lowest BCUT2D eigenvalue weighted by molar-refractivity contribution is 0.0518. The van der Waals surface area contributed by atoms with E-state index in [4.69, 9.17) is 27.9 Å². The molecule has 0 N–H and O–H groups in total. The smallest absolute Gasteiger partial charge is 0.358 e. The molecule has 0 atom stereocenters. The molecular formula is C24H23Cl2N3O3. The highest BCUT2D eigenvalue weighted by Crippen LogP contribution is 2.32. The Hall–Kier alpha value is -2.83. The lowest BCUT2D eigenvalue weighted by Crippen LogP contribution is -2.35. The Morgan fingerprint density at radius 1 is 1.00 bits per heavy atom. The number of carbonyl (C=O) groups is 2. The van der Waals surface area contributed by atoms with Crippen LogP contribution >= 0.6 is 23.2 Å². The SMILES string of the molecule is CCOC(=O)c1cc(-c2ccc(Cl)cc2Cl)n(-c2ccc(C(=O)N3CCCCC3)cc2)n1. The lowest BCUT2D eigenvalue weighted by Gasteiger charge is -2.26. The fourth-order valence-corrected chi connectivity index (χ4v) is 4.30. The molecule has 0 saturated carbocycles. The first kappa shape index (κ1) is 22.4. The van der Waals surface area contributed by atoms with Gasteiger partial charge in [0, 0.05) is 29.2 Å². The molecule has 0 radical (unpaired) electrons. The van der Waals surface area contributed by atoms with Crippen LogP contribution in [0.1, 0.15) is 47.0 Å². The number of hydrogen-bond acceptors (Lipinski definition) is 4. The van der Waals surface area contributed by atoms with E-state index in [0.29, 0.717) is 32.6 Å². The van der Waals surface area contributed by atoms with E-state index in [2.05, 4.69) is 5.10 Å². The highest BCUT2D eigenvalue weighted by molar-refractivity contribution is 6.36. The van der Waals surface area contributed by atoms with E-state index in [1.807, 2.05) is 17.0 Å². The van der Waals surface area contributed by atoms with Gasteiger partial charge >= 0.3 is 5.97 Å². The Labute approximate surface area is 196 Å². The molecule has 32 heavy (non-hydrogen) atoms. The van der Waals surface area contributed by atoms with E-state index < -0.39 is 5.97 Å². The van der Waals surface area contributed by atoms with Gasteiger partial charge in [0.15, 0.2) is 5.69 Å². The van der Waals surface area contributed by atoms with E-state index in [9.17, 15) is 9.59 Å². The predicted octanol–water partition coefficient (Wildman–Crippen LogP) is 5.65. The monoisotopic (exact) mass is 471 g/mol. The Bertz CT molecular complexity index is 1140.